The Hall–Kier alpha value is -3.14. The van der Waals surface area contributed by atoms with Gasteiger partial charge in [-0.25, -0.2) is 4.79 Å². The zero-order valence-electron chi connectivity index (χ0n) is 12.7. The van der Waals surface area contributed by atoms with Crippen LogP contribution in [0.2, 0.25) is 0 Å². The summed E-state index contributed by atoms with van der Waals surface area (Å²) in [7, 11) is 1.24. The van der Waals surface area contributed by atoms with Crippen LogP contribution in [0.3, 0.4) is 0 Å². The lowest BCUT2D eigenvalue weighted by Gasteiger charge is -2.09. The number of aromatic nitrogens is 3. The molecule has 0 aliphatic rings. The van der Waals surface area contributed by atoms with E-state index in [2.05, 4.69) is 26.3 Å². The number of nitrogens with zero attached hydrogens (tertiary/aromatic N) is 3. The maximum atomic E-state index is 12.0. The molecule has 0 unspecified atom stereocenters. The van der Waals surface area contributed by atoms with E-state index >= 15 is 0 Å². The van der Waals surface area contributed by atoms with Crippen LogP contribution < -0.4 is 5.32 Å². The molecule has 0 spiro atoms. The summed E-state index contributed by atoms with van der Waals surface area (Å²) in [4.78, 5) is 23.8. The van der Waals surface area contributed by atoms with Gasteiger partial charge in [-0.15, -0.1) is 17.4 Å². The number of esters is 1. The average molecular weight is 312 g/mol. The Morgan fingerprint density at radius 1 is 1.35 bits per heavy atom. The first kappa shape index (κ1) is 16.2. The van der Waals surface area contributed by atoms with Crippen LogP contribution in [-0.2, 0) is 9.53 Å². The van der Waals surface area contributed by atoms with Gasteiger partial charge in [0.2, 0.25) is 11.6 Å². The van der Waals surface area contributed by atoms with Crippen molar-refractivity contribution in [3.8, 4) is 18.0 Å². The number of para-hydroxylation sites is 1. The third kappa shape index (κ3) is 3.95. The number of methoxy groups -OCH3 is 1. The Morgan fingerprint density at radius 2 is 2.09 bits per heavy atom. The van der Waals surface area contributed by atoms with Gasteiger partial charge < -0.3 is 10.1 Å². The highest BCUT2D eigenvalue weighted by Crippen LogP contribution is 2.19. The molecule has 1 aromatic heterocycles. The summed E-state index contributed by atoms with van der Waals surface area (Å²) in [6, 6.07) is 9.04. The Labute approximate surface area is 133 Å². The van der Waals surface area contributed by atoms with Gasteiger partial charge in [-0.05, 0) is 18.6 Å². The Balaban J connectivity index is 2.30. The Morgan fingerprint density at radius 3 is 2.74 bits per heavy atom. The van der Waals surface area contributed by atoms with Crippen molar-refractivity contribution in [2.24, 2.45) is 0 Å². The lowest BCUT2D eigenvalue weighted by atomic mass is 10.2. The van der Waals surface area contributed by atoms with Crippen molar-refractivity contribution in [1.82, 2.24) is 15.0 Å². The third-order valence-corrected chi connectivity index (χ3v) is 3.03. The maximum absolute atomic E-state index is 12.0. The van der Waals surface area contributed by atoms with Gasteiger partial charge in [-0.2, -0.15) is 4.68 Å². The minimum Gasteiger partial charge on any atom is -0.464 e. The molecule has 0 aliphatic carbocycles. The largest absolute Gasteiger partial charge is 0.464 e. The molecule has 2 aromatic rings. The van der Waals surface area contributed by atoms with Crippen LogP contribution in [0.5, 0.6) is 0 Å². The molecule has 0 fully saturated rings. The molecule has 23 heavy (non-hydrogen) atoms. The SMILES string of the molecule is C#CCCCC(=O)Nc1c(C(=O)OC)nnn1-c1ccccc1. The van der Waals surface area contributed by atoms with Gasteiger partial charge in [0, 0.05) is 12.8 Å². The van der Waals surface area contributed by atoms with Crippen molar-refractivity contribution < 1.29 is 14.3 Å². The molecule has 0 radical (unpaired) electrons. The van der Waals surface area contributed by atoms with Crippen LogP contribution >= 0.6 is 0 Å². The maximum Gasteiger partial charge on any atom is 0.362 e. The molecule has 1 heterocycles. The molecule has 0 saturated heterocycles. The Kier molecular flexibility index (Phi) is 5.47. The van der Waals surface area contributed by atoms with Crippen LogP contribution in [-0.4, -0.2) is 34.0 Å². The first-order valence-corrected chi connectivity index (χ1v) is 7.00. The van der Waals surface area contributed by atoms with E-state index in [1.54, 1.807) is 12.1 Å². The highest BCUT2D eigenvalue weighted by Gasteiger charge is 2.22. The van der Waals surface area contributed by atoms with Crippen LogP contribution in [0.25, 0.3) is 5.69 Å². The molecule has 7 heteroatoms. The fraction of sp³-hybridized carbons (Fsp3) is 0.250. The second-order valence-electron chi connectivity index (χ2n) is 4.63. The van der Waals surface area contributed by atoms with E-state index in [0.29, 0.717) is 18.5 Å². The van der Waals surface area contributed by atoms with E-state index in [1.165, 1.54) is 11.8 Å². The van der Waals surface area contributed by atoms with Gasteiger partial charge in [0.1, 0.15) is 0 Å². The fourth-order valence-electron chi connectivity index (χ4n) is 1.92. The summed E-state index contributed by atoms with van der Waals surface area (Å²) in [6.45, 7) is 0. The number of hydrogen-bond acceptors (Lipinski definition) is 5. The van der Waals surface area contributed by atoms with E-state index in [4.69, 9.17) is 6.42 Å². The van der Waals surface area contributed by atoms with Gasteiger partial charge in [0.15, 0.2) is 5.82 Å². The van der Waals surface area contributed by atoms with E-state index in [0.717, 1.165) is 0 Å². The smallest absolute Gasteiger partial charge is 0.362 e. The van der Waals surface area contributed by atoms with Gasteiger partial charge in [0.05, 0.1) is 12.8 Å². The molecule has 0 aliphatic heterocycles. The van der Waals surface area contributed by atoms with Crippen molar-refractivity contribution in [3.63, 3.8) is 0 Å². The number of amides is 1. The molecule has 0 saturated carbocycles. The number of nitrogens with one attached hydrogen (secondary N) is 1. The average Bonchev–Trinajstić information content (AvgIpc) is 2.98. The summed E-state index contributed by atoms with van der Waals surface area (Å²) in [5.74, 6) is 1.70. The number of rotatable bonds is 6. The minimum absolute atomic E-state index is 0.0540. The second-order valence-corrected chi connectivity index (χ2v) is 4.63. The topological polar surface area (TPSA) is 86.1 Å². The van der Waals surface area contributed by atoms with Gasteiger partial charge in [-0.1, -0.05) is 23.4 Å². The molecule has 1 aromatic carbocycles. The Bertz CT molecular complexity index is 732. The van der Waals surface area contributed by atoms with Gasteiger partial charge in [-0.3, -0.25) is 4.79 Å². The minimum atomic E-state index is -0.675. The number of carbonyl (C=O) groups is 2. The highest BCUT2D eigenvalue weighted by molar-refractivity contribution is 5.99. The standard InChI is InChI=1S/C16H16N4O3/c1-3-4-6-11-13(21)17-15-14(16(22)23-2)18-19-20(15)12-9-7-5-8-10-12/h1,5,7-10H,4,6,11H2,2H3,(H,17,21). The number of benzene rings is 1. The number of ether oxygens (including phenoxy) is 1. The summed E-state index contributed by atoms with van der Waals surface area (Å²) in [6.07, 6.45) is 6.47. The normalized spacial score (nSPS) is 9.91. The van der Waals surface area contributed by atoms with Gasteiger partial charge in [0.25, 0.3) is 0 Å². The zero-order chi connectivity index (χ0) is 16.7. The van der Waals surface area contributed by atoms with Crippen LogP contribution in [0, 0.1) is 12.3 Å². The number of unbranched alkanes of at least 4 members (excludes halogenated alkanes) is 1. The highest BCUT2D eigenvalue weighted by atomic mass is 16.5. The number of carbonyl (C=O) groups excluding carboxylic acids is 2. The van der Waals surface area contributed by atoms with Gasteiger partial charge >= 0.3 is 5.97 Å². The molecule has 118 valence electrons. The summed E-state index contributed by atoms with van der Waals surface area (Å²) in [5.41, 5.74) is 0.607. The van der Waals surface area contributed by atoms with E-state index in [-0.39, 0.29) is 23.8 Å². The molecular weight excluding hydrogens is 296 g/mol. The summed E-state index contributed by atoms with van der Waals surface area (Å²) < 4.78 is 6.05. The van der Waals surface area contributed by atoms with E-state index in [9.17, 15) is 9.59 Å². The van der Waals surface area contributed by atoms with E-state index in [1.807, 2.05) is 18.2 Å². The zero-order valence-corrected chi connectivity index (χ0v) is 12.7. The van der Waals surface area contributed by atoms with Crippen molar-refractivity contribution in [1.29, 1.82) is 0 Å². The molecule has 7 nitrogen and oxygen atoms in total. The molecule has 0 atom stereocenters. The predicted octanol–water partition coefficient (Wildman–Crippen LogP) is 1.80. The quantitative estimate of drug-likeness (QED) is 0.499. The molecule has 1 amide bonds. The number of terminal acetylenes is 1. The predicted molar refractivity (Wildman–Crippen MR) is 84.0 cm³/mol. The molecular formula is C16H16N4O3. The van der Waals surface area contributed by atoms with Crippen molar-refractivity contribution in [2.75, 3.05) is 12.4 Å². The molecule has 1 N–H and O–H groups in total. The first-order chi connectivity index (χ1) is 11.2. The van der Waals surface area contributed by atoms with Crippen molar-refractivity contribution in [2.45, 2.75) is 19.3 Å². The monoisotopic (exact) mass is 312 g/mol. The lowest BCUT2D eigenvalue weighted by molar-refractivity contribution is -0.116. The molecule has 2 rings (SSSR count). The third-order valence-electron chi connectivity index (χ3n) is 3.03. The van der Waals surface area contributed by atoms with E-state index < -0.39 is 5.97 Å². The van der Waals surface area contributed by atoms with Crippen molar-refractivity contribution in [3.05, 3.63) is 36.0 Å². The summed E-state index contributed by atoms with van der Waals surface area (Å²) in [5, 5.41) is 10.4. The molecule has 0 bridgehead atoms. The first-order valence-electron chi connectivity index (χ1n) is 7.00. The number of anilines is 1. The fourth-order valence-corrected chi connectivity index (χ4v) is 1.92. The summed E-state index contributed by atoms with van der Waals surface area (Å²) >= 11 is 0. The second kappa shape index (κ2) is 7.75. The lowest BCUT2D eigenvalue weighted by Crippen LogP contribution is -2.17. The van der Waals surface area contributed by atoms with Crippen LogP contribution in [0.1, 0.15) is 29.8 Å². The van der Waals surface area contributed by atoms with Crippen molar-refractivity contribution >= 4 is 17.7 Å². The van der Waals surface area contributed by atoms with Crippen LogP contribution in [0.4, 0.5) is 5.82 Å². The number of hydrogen-bond donors (Lipinski definition) is 1. The van der Waals surface area contributed by atoms with Crippen LogP contribution in [0.15, 0.2) is 30.3 Å².